The number of likely N-dealkylation sites (tertiary alicyclic amines) is 1. The zero-order valence-electron chi connectivity index (χ0n) is 23.5. The average Bonchev–Trinajstić information content (AvgIpc) is 3.72. The number of methoxy groups -OCH3 is 1. The number of aryl methyl sites for hydroxylation is 1. The van der Waals surface area contributed by atoms with E-state index in [-0.39, 0.29) is 18.6 Å². The summed E-state index contributed by atoms with van der Waals surface area (Å²) in [6, 6.07) is 3.23. The van der Waals surface area contributed by atoms with E-state index in [0.29, 0.717) is 71.1 Å². The smallest absolute Gasteiger partial charge is 0.332 e. The summed E-state index contributed by atoms with van der Waals surface area (Å²) < 4.78 is 34.7. The van der Waals surface area contributed by atoms with E-state index < -0.39 is 29.2 Å². The molecule has 2 aliphatic heterocycles. The fourth-order valence-electron chi connectivity index (χ4n) is 5.73. The van der Waals surface area contributed by atoms with Gasteiger partial charge in [0.25, 0.3) is 5.56 Å². The summed E-state index contributed by atoms with van der Waals surface area (Å²) >= 11 is 1.20. The summed E-state index contributed by atoms with van der Waals surface area (Å²) in [6.45, 7) is 3.18. The van der Waals surface area contributed by atoms with Crippen molar-refractivity contribution in [3.05, 3.63) is 68.4 Å². The van der Waals surface area contributed by atoms with Gasteiger partial charge in [0, 0.05) is 37.9 Å². The number of likely N-dealkylation sites (N-methyl/N-ethyl adjacent to an activating group) is 1. The van der Waals surface area contributed by atoms with Gasteiger partial charge < -0.3 is 19.1 Å². The second-order valence-corrected chi connectivity index (χ2v) is 11.5. The lowest BCUT2D eigenvalue weighted by molar-refractivity contribution is -0.129. The van der Waals surface area contributed by atoms with Crippen LogP contribution in [0.4, 0.5) is 4.39 Å². The van der Waals surface area contributed by atoms with Crippen LogP contribution in [0.25, 0.3) is 15.2 Å². The van der Waals surface area contributed by atoms with Crippen molar-refractivity contribution in [1.29, 1.82) is 0 Å². The Labute approximate surface area is 243 Å². The van der Waals surface area contributed by atoms with Crippen molar-refractivity contribution < 1.29 is 23.4 Å². The molecule has 0 unspecified atom stereocenters. The van der Waals surface area contributed by atoms with Gasteiger partial charge in [-0.05, 0) is 44.4 Å². The number of carbonyl (C=O) groups excluding carboxylic acids is 1. The van der Waals surface area contributed by atoms with E-state index in [1.54, 1.807) is 14.0 Å². The summed E-state index contributed by atoms with van der Waals surface area (Å²) in [5.74, 6) is -0.376. The first-order valence-electron chi connectivity index (χ1n) is 13.7. The van der Waals surface area contributed by atoms with Gasteiger partial charge in [-0.25, -0.2) is 13.8 Å². The van der Waals surface area contributed by atoms with Gasteiger partial charge >= 0.3 is 5.69 Å². The minimum Gasteiger partial charge on any atom is -0.496 e. The maximum Gasteiger partial charge on any atom is 0.332 e. The molecule has 1 aromatic carbocycles. The number of amides is 1. The number of benzene rings is 1. The minimum atomic E-state index is -0.935. The molecule has 222 valence electrons. The molecule has 0 radical (unpaired) electrons. The topological polar surface area (TPSA) is 123 Å². The van der Waals surface area contributed by atoms with E-state index in [2.05, 4.69) is 10.2 Å². The number of ether oxygens (including phenoxy) is 3. The van der Waals surface area contributed by atoms with Crippen LogP contribution in [0.15, 0.2) is 40.2 Å². The third-order valence-corrected chi connectivity index (χ3v) is 9.22. The monoisotopic (exact) mass is 598 g/mol. The predicted octanol–water partition coefficient (Wildman–Crippen LogP) is 2.60. The Morgan fingerprint density at radius 1 is 1.14 bits per heavy atom. The maximum absolute atomic E-state index is 14.6. The van der Waals surface area contributed by atoms with Crippen LogP contribution in [-0.2, 0) is 20.8 Å². The van der Waals surface area contributed by atoms with E-state index in [0.717, 1.165) is 4.57 Å². The summed E-state index contributed by atoms with van der Waals surface area (Å²) in [4.78, 5) is 44.6. The molecule has 14 heteroatoms. The van der Waals surface area contributed by atoms with Gasteiger partial charge in [0.1, 0.15) is 33.5 Å². The lowest BCUT2D eigenvalue weighted by Gasteiger charge is -2.29. The summed E-state index contributed by atoms with van der Waals surface area (Å²) in [5.41, 5.74) is -0.168. The molecule has 2 saturated heterocycles. The van der Waals surface area contributed by atoms with Crippen LogP contribution in [-0.4, -0.2) is 75.0 Å². The van der Waals surface area contributed by atoms with Crippen LogP contribution in [0.3, 0.4) is 0 Å². The highest BCUT2D eigenvalue weighted by Gasteiger charge is 2.36. The highest BCUT2D eigenvalue weighted by molar-refractivity contribution is 7.21. The molecule has 3 aromatic heterocycles. The van der Waals surface area contributed by atoms with Crippen molar-refractivity contribution >= 4 is 27.5 Å². The predicted molar refractivity (Wildman–Crippen MR) is 152 cm³/mol. The van der Waals surface area contributed by atoms with Crippen molar-refractivity contribution in [3.8, 4) is 10.8 Å². The van der Waals surface area contributed by atoms with Crippen LogP contribution >= 0.6 is 11.3 Å². The summed E-state index contributed by atoms with van der Waals surface area (Å²) in [7, 11) is 3.14. The Bertz CT molecular complexity index is 1740. The molecule has 0 aliphatic carbocycles. The first-order chi connectivity index (χ1) is 20.3. The van der Waals surface area contributed by atoms with Crippen LogP contribution in [0.2, 0.25) is 0 Å². The Kier molecular flexibility index (Phi) is 7.68. The van der Waals surface area contributed by atoms with Crippen LogP contribution in [0.1, 0.15) is 42.5 Å². The second-order valence-electron chi connectivity index (χ2n) is 10.5. The summed E-state index contributed by atoms with van der Waals surface area (Å²) in [6.07, 6.45) is 3.62. The van der Waals surface area contributed by atoms with Gasteiger partial charge in [-0.3, -0.25) is 14.2 Å². The average molecular weight is 599 g/mol. The van der Waals surface area contributed by atoms with Gasteiger partial charge in [0.05, 0.1) is 37.5 Å². The number of halogens is 1. The fraction of sp³-hybridized carbons (Fsp3) is 0.464. The highest BCUT2D eigenvalue weighted by Crippen LogP contribution is 2.35. The molecule has 12 nitrogen and oxygen atoms in total. The normalized spacial score (nSPS) is 18.7. The number of thiophene rings is 1. The Morgan fingerprint density at radius 3 is 2.55 bits per heavy atom. The molecule has 0 spiro atoms. The lowest BCUT2D eigenvalue weighted by Crippen LogP contribution is -2.45. The van der Waals surface area contributed by atoms with E-state index in [1.807, 2.05) is 0 Å². The van der Waals surface area contributed by atoms with Gasteiger partial charge in [-0.2, -0.15) is 10.2 Å². The molecule has 0 bridgehead atoms. The number of fused-ring (bicyclic) bond motifs is 1. The first kappa shape index (κ1) is 28.2. The number of aromatic nitrogens is 5. The molecule has 0 N–H and O–H groups in total. The number of hydrogen-bond donors (Lipinski definition) is 0. The fourth-order valence-corrected chi connectivity index (χ4v) is 6.94. The Hall–Kier alpha value is -3.88. The largest absolute Gasteiger partial charge is 0.496 e. The number of carbonyl (C=O) groups is 1. The SMILES string of the molecule is COc1ccc(F)cc1[C@H](Cn1c(=O)n([C@H]2CCN(C)C2=O)c(=O)c2c(C)c(-n3nccn3)sc21)OC1CCOCC1. The zero-order chi connectivity index (χ0) is 29.5. The Balaban J connectivity index is 1.57. The van der Waals surface area contributed by atoms with Crippen molar-refractivity contribution in [1.82, 2.24) is 29.0 Å². The van der Waals surface area contributed by atoms with Crippen molar-refractivity contribution in [3.63, 3.8) is 0 Å². The zero-order valence-corrected chi connectivity index (χ0v) is 24.3. The molecular formula is C28H31FN6O6S. The molecular weight excluding hydrogens is 567 g/mol. The molecule has 4 aromatic rings. The molecule has 42 heavy (non-hydrogen) atoms. The molecule has 2 fully saturated rings. The standard InChI is InChI=1S/C28H31FN6O6S/c1-16-23-25(37)34(20-6-11-32(2)24(20)36)28(38)33(27(23)42-26(16)35-30-9-10-31-35)15-22(41-18-7-12-40-13-8-18)19-14-17(29)4-5-21(19)39-3/h4-5,9-10,14,18,20,22H,6-8,11-13,15H2,1-3H3/t20-,22-/m0/s1. The van der Waals surface area contributed by atoms with Gasteiger partial charge in [-0.1, -0.05) is 11.3 Å². The molecule has 6 rings (SSSR count). The quantitative estimate of drug-likeness (QED) is 0.303. The molecule has 5 heterocycles. The van der Waals surface area contributed by atoms with E-state index in [1.165, 1.54) is 63.3 Å². The van der Waals surface area contributed by atoms with Gasteiger partial charge in [0.15, 0.2) is 0 Å². The Morgan fingerprint density at radius 2 is 1.88 bits per heavy atom. The molecule has 2 atom stereocenters. The second kappa shape index (κ2) is 11.4. The van der Waals surface area contributed by atoms with Crippen LogP contribution < -0.4 is 16.0 Å². The molecule has 1 amide bonds. The van der Waals surface area contributed by atoms with E-state index in [4.69, 9.17) is 14.2 Å². The number of hydrogen-bond acceptors (Lipinski definition) is 9. The maximum atomic E-state index is 14.6. The number of nitrogens with zero attached hydrogens (tertiary/aromatic N) is 6. The van der Waals surface area contributed by atoms with Crippen molar-refractivity contribution in [2.75, 3.05) is 33.9 Å². The van der Waals surface area contributed by atoms with Crippen LogP contribution in [0.5, 0.6) is 5.75 Å². The number of rotatable bonds is 8. The third kappa shape index (κ3) is 4.92. The molecule has 2 aliphatic rings. The van der Waals surface area contributed by atoms with Gasteiger partial charge in [-0.15, -0.1) is 4.80 Å². The molecule has 0 saturated carbocycles. The van der Waals surface area contributed by atoms with E-state index in [9.17, 15) is 18.8 Å². The van der Waals surface area contributed by atoms with Gasteiger partial charge in [0.2, 0.25) is 5.91 Å². The first-order valence-corrected chi connectivity index (χ1v) is 14.6. The van der Waals surface area contributed by atoms with Crippen molar-refractivity contribution in [2.24, 2.45) is 0 Å². The minimum absolute atomic E-state index is 0.0601. The van der Waals surface area contributed by atoms with E-state index >= 15 is 0 Å². The van der Waals surface area contributed by atoms with Crippen LogP contribution in [0, 0.1) is 12.7 Å². The van der Waals surface area contributed by atoms with Crippen molar-refractivity contribution in [2.45, 2.75) is 51.0 Å². The summed E-state index contributed by atoms with van der Waals surface area (Å²) in [5, 5.41) is 9.32. The highest BCUT2D eigenvalue weighted by atomic mass is 32.1. The lowest BCUT2D eigenvalue weighted by atomic mass is 10.1. The third-order valence-electron chi connectivity index (χ3n) is 7.94.